The van der Waals surface area contributed by atoms with Gasteiger partial charge in [0.15, 0.2) is 5.13 Å². The smallest absolute Gasteiger partial charge is 0.347 e. The van der Waals surface area contributed by atoms with Gasteiger partial charge in [0.1, 0.15) is 12.4 Å². The lowest BCUT2D eigenvalue weighted by molar-refractivity contribution is -0.138. The normalized spacial score (nSPS) is 11.3. The van der Waals surface area contributed by atoms with Crippen LogP contribution in [0.1, 0.15) is 5.69 Å². The maximum atomic E-state index is 12.0. The Balaban J connectivity index is 1.88. The van der Waals surface area contributed by atoms with Gasteiger partial charge < -0.3 is 10.6 Å². The summed E-state index contributed by atoms with van der Waals surface area (Å²) in [4.78, 5) is 19.5. The topological polar surface area (TPSA) is 66.9 Å². The molecule has 0 aliphatic rings. The fourth-order valence-electron chi connectivity index (χ4n) is 1.43. The molecule has 0 saturated heterocycles. The number of pyridine rings is 1. The van der Waals surface area contributed by atoms with Crippen molar-refractivity contribution in [1.29, 1.82) is 0 Å². The molecule has 118 valence electrons. The Morgan fingerprint density at radius 2 is 2.14 bits per heavy atom. The van der Waals surface area contributed by atoms with Gasteiger partial charge in [-0.05, 0) is 12.1 Å². The molecule has 0 aliphatic carbocycles. The first-order valence-corrected chi connectivity index (χ1v) is 7.24. The first-order valence-electron chi connectivity index (χ1n) is 5.98. The van der Waals surface area contributed by atoms with E-state index in [1.165, 1.54) is 17.5 Å². The molecular formula is C12H10ClF3N4OS. The average molecular weight is 351 g/mol. The van der Waals surface area contributed by atoms with Crippen LogP contribution in [0.4, 0.5) is 24.1 Å². The quantitative estimate of drug-likeness (QED) is 0.869. The lowest BCUT2D eigenvalue weighted by atomic mass is 10.3. The van der Waals surface area contributed by atoms with E-state index in [0.717, 1.165) is 0 Å². The van der Waals surface area contributed by atoms with E-state index in [1.54, 1.807) is 22.8 Å². The number of carbonyl (C=O) groups is 1. The van der Waals surface area contributed by atoms with Gasteiger partial charge in [-0.3, -0.25) is 4.79 Å². The molecule has 2 aromatic rings. The summed E-state index contributed by atoms with van der Waals surface area (Å²) in [6.45, 7) is -1.35. The number of amides is 1. The Morgan fingerprint density at radius 1 is 1.36 bits per heavy atom. The van der Waals surface area contributed by atoms with Gasteiger partial charge in [-0.15, -0.1) is 11.3 Å². The second kappa shape index (κ2) is 6.93. The molecule has 1 amide bonds. The summed E-state index contributed by atoms with van der Waals surface area (Å²) in [6.07, 6.45) is -3.18. The molecule has 2 heterocycles. The average Bonchev–Trinajstić information content (AvgIpc) is 2.86. The van der Waals surface area contributed by atoms with E-state index < -0.39 is 18.6 Å². The first kappa shape index (κ1) is 16.5. The first-order chi connectivity index (χ1) is 10.3. The van der Waals surface area contributed by atoms with Gasteiger partial charge in [0, 0.05) is 11.6 Å². The third-order valence-corrected chi connectivity index (χ3v) is 3.37. The summed E-state index contributed by atoms with van der Waals surface area (Å²) in [6, 6.07) is 3.30. The van der Waals surface area contributed by atoms with Crippen molar-refractivity contribution in [1.82, 2.24) is 15.3 Å². The number of halogens is 4. The van der Waals surface area contributed by atoms with Crippen molar-refractivity contribution < 1.29 is 18.0 Å². The number of hydrogen-bond acceptors (Lipinski definition) is 5. The number of thiazole rings is 1. The highest BCUT2D eigenvalue weighted by molar-refractivity contribution is 7.13. The molecule has 2 rings (SSSR count). The third kappa shape index (κ3) is 5.49. The largest absolute Gasteiger partial charge is 0.405 e. The molecule has 0 atom stereocenters. The van der Waals surface area contributed by atoms with Gasteiger partial charge in [-0.1, -0.05) is 11.6 Å². The van der Waals surface area contributed by atoms with Gasteiger partial charge in [-0.25, -0.2) is 9.97 Å². The van der Waals surface area contributed by atoms with Crippen LogP contribution in [0, 0.1) is 0 Å². The molecule has 22 heavy (non-hydrogen) atoms. The maximum absolute atomic E-state index is 12.0. The van der Waals surface area contributed by atoms with Crippen LogP contribution in [-0.2, 0) is 11.2 Å². The molecule has 0 unspecified atom stereocenters. The lowest BCUT2D eigenvalue weighted by Crippen LogP contribution is -2.34. The van der Waals surface area contributed by atoms with Crippen molar-refractivity contribution >= 4 is 39.8 Å². The van der Waals surface area contributed by atoms with Crippen LogP contribution >= 0.6 is 22.9 Å². The number of alkyl halides is 3. The molecule has 0 spiro atoms. The maximum Gasteiger partial charge on any atom is 0.405 e. The van der Waals surface area contributed by atoms with Crippen molar-refractivity contribution in [3.8, 4) is 0 Å². The Labute approximate surface area is 132 Å². The van der Waals surface area contributed by atoms with E-state index in [2.05, 4.69) is 15.3 Å². The minimum absolute atomic E-state index is 0.220. The SMILES string of the molecule is O=C(Cc1csc(Nc2ccc(Cl)cn2)n1)NCC(F)(F)F. The molecule has 0 fully saturated rings. The number of anilines is 2. The Morgan fingerprint density at radius 3 is 2.77 bits per heavy atom. The summed E-state index contributed by atoms with van der Waals surface area (Å²) in [5, 5.41) is 7.26. The fraction of sp³-hybridized carbons (Fsp3) is 0.250. The summed E-state index contributed by atoms with van der Waals surface area (Å²) >= 11 is 6.93. The van der Waals surface area contributed by atoms with E-state index in [4.69, 9.17) is 11.6 Å². The number of hydrogen-bond donors (Lipinski definition) is 2. The minimum Gasteiger partial charge on any atom is -0.347 e. The number of rotatable bonds is 5. The predicted molar refractivity (Wildman–Crippen MR) is 77.4 cm³/mol. The van der Waals surface area contributed by atoms with Crippen molar-refractivity contribution in [2.75, 3.05) is 11.9 Å². The zero-order valence-corrected chi connectivity index (χ0v) is 12.5. The van der Waals surface area contributed by atoms with Crippen molar-refractivity contribution in [3.05, 3.63) is 34.4 Å². The van der Waals surface area contributed by atoms with Gasteiger partial charge in [-0.2, -0.15) is 13.2 Å². The number of carbonyl (C=O) groups excluding carboxylic acids is 1. The van der Waals surface area contributed by atoms with Crippen molar-refractivity contribution in [3.63, 3.8) is 0 Å². The Bertz CT molecular complexity index is 645. The highest BCUT2D eigenvalue weighted by atomic mass is 35.5. The molecule has 2 aromatic heterocycles. The number of nitrogens with one attached hydrogen (secondary N) is 2. The molecule has 0 radical (unpaired) electrons. The summed E-state index contributed by atoms with van der Waals surface area (Å²) < 4.78 is 35.9. The zero-order chi connectivity index (χ0) is 16.2. The molecule has 0 saturated carbocycles. The molecule has 0 aromatic carbocycles. The summed E-state index contributed by atoms with van der Waals surface area (Å²) in [5.41, 5.74) is 0.376. The van der Waals surface area contributed by atoms with E-state index in [0.29, 0.717) is 21.7 Å². The van der Waals surface area contributed by atoms with E-state index in [-0.39, 0.29) is 6.42 Å². The molecule has 5 nitrogen and oxygen atoms in total. The molecular weight excluding hydrogens is 341 g/mol. The van der Waals surface area contributed by atoms with E-state index >= 15 is 0 Å². The molecule has 0 bridgehead atoms. The molecule has 2 N–H and O–H groups in total. The predicted octanol–water partition coefficient (Wildman–Crippen LogP) is 3.16. The van der Waals surface area contributed by atoms with Crippen molar-refractivity contribution in [2.45, 2.75) is 12.6 Å². The Hall–Kier alpha value is -1.87. The second-order valence-electron chi connectivity index (χ2n) is 4.20. The van der Waals surface area contributed by atoms with Gasteiger partial charge in [0.2, 0.25) is 5.91 Å². The van der Waals surface area contributed by atoms with Crippen LogP contribution in [0.25, 0.3) is 0 Å². The number of nitrogens with zero attached hydrogens (tertiary/aromatic N) is 2. The van der Waals surface area contributed by atoms with Crippen LogP contribution in [0.5, 0.6) is 0 Å². The van der Waals surface area contributed by atoms with E-state index in [1.807, 2.05) is 0 Å². The highest BCUT2D eigenvalue weighted by Crippen LogP contribution is 2.21. The van der Waals surface area contributed by atoms with Crippen LogP contribution in [0.15, 0.2) is 23.7 Å². The van der Waals surface area contributed by atoms with Crippen LogP contribution in [0.3, 0.4) is 0 Å². The van der Waals surface area contributed by atoms with Gasteiger partial charge in [0.05, 0.1) is 17.1 Å². The molecule has 10 heteroatoms. The lowest BCUT2D eigenvalue weighted by Gasteiger charge is -2.07. The van der Waals surface area contributed by atoms with E-state index in [9.17, 15) is 18.0 Å². The van der Waals surface area contributed by atoms with Crippen LogP contribution in [-0.4, -0.2) is 28.6 Å². The van der Waals surface area contributed by atoms with Gasteiger partial charge in [0.25, 0.3) is 0 Å². The Kier molecular flexibility index (Phi) is 5.19. The third-order valence-electron chi connectivity index (χ3n) is 2.34. The van der Waals surface area contributed by atoms with Crippen LogP contribution in [0.2, 0.25) is 5.02 Å². The second-order valence-corrected chi connectivity index (χ2v) is 5.49. The zero-order valence-electron chi connectivity index (χ0n) is 10.9. The minimum atomic E-state index is -4.43. The summed E-state index contributed by atoms with van der Waals surface area (Å²) in [7, 11) is 0. The fourth-order valence-corrected chi connectivity index (χ4v) is 2.26. The number of aromatic nitrogens is 2. The van der Waals surface area contributed by atoms with Crippen molar-refractivity contribution in [2.24, 2.45) is 0 Å². The highest BCUT2D eigenvalue weighted by Gasteiger charge is 2.27. The molecule has 0 aliphatic heterocycles. The van der Waals surface area contributed by atoms with Gasteiger partial charge >= 0.3 is 6.18 Å². The van der Waals surface area contributed by atoms with Crippen LogP contribution < -0.4 is 10.6 Å². The standard InChI is InChI=1S/C12H10ClF3N4OS/c13-7-1-2-9(17-4-7)20-11-19-8(5-22-11)3-10(21)18-6-12(14,15)16/h1-2,4-5H,3,6H2,(H,18,21)(H,17,19,20). The monoisotopic (exact) mass is 350 g/mol. The summed E-state index contributed by atoms with van der Waals surface area (Å²) in [5.74, 6) is -0.217.